The third-order valence-electron chi connectivity index (χ3n) is 5.81. The smallest absolute Gasteiger partial charge is 0.748 e. The number of carboxylic acids is 1. The van der Waals surface area contributed by atoms with Crippen molar-refractivity contribution in [2.45, 2.75) is 149 Å². The van der Waals surface area contributed by atoms with E-state index in [1.165, 1.54) is 89.9 Å². The summed E-state index contributed by atoms with van der Waals surface area (Å²) < 4.78 is 64.9. The number of rotatable bonds is 24. The maximum absolute atomic E-state index is 11.0. The van der Waals surface area contributed by atoms with Gasteiger partial charge in [-0.15, -0.1) is 0 Å². The first-order valence-electron chi connectivity index (χ1n) is 15.0. The Balaban J connectivity index is -0.000000187. The standard InChI is InChI=1S/C14H28O5S.C12H26O3S.C2H4O2.2Na/c1-2-3-4-5-6-7-8-9-10-11-12-19-14(15)13-20(16,17)18;1-2-3-4-5-6-7-8-9-10-11-12-16(13,14)15;1-2(3)4;;/h2-13H2,1H3,(H,16,17,18);2-12H2,1H3,(H,13,14,15);1H3,(H,3,4);;/q;;;2*+1/p-2. The monoisotopic (exact) mass is 662 g/mol. The van der Waals surface area contributed by atoms with Gasteiger partial charge in [-0.3, -0.25) is 9.35 Å². The first-order chi connectivity index (χ1) is 18.7. The van der Waals surface area contributed by atoms with Crippen LogP contribution in [0.2, 0.25) is 0 Å². The Kier molecular flexibility index (Phi) is 47.2. The molecular weight excluding hydrogens is 606 g/mol. The van der Waals surface area contributed by atoms with Gasteiger partial charge in [-0.05, 0) is 19.8 Å². The zero-order chi connectivity index (χ0) is 31.1. The molecule has 0 aromatic rings. The van der Waals surface area contributed by atoms with E-state index in [-0.39, 0.29) is 71.5 Å². The molecule has 0 aromatic heterocycles. The Morgan fingerprint density at radius 1 is 0.619 bits per heavy atom. The largest absolute Gasteiger partial charge is 1.00 e. The van der Waals surface area contributed by atoms with Gasteiger partial charge in [-0.25, -0.2) is 8.42 Å². The van der Waals surface area contributed by atoms with Crippen LogP contribution < -0.4 is 64.2 Å². The molecule has 0 fully saturated rings. The Hall–Kier alpha value is 0.760. The van der Waals surface area contributed by atoms with Crippen LogP contribution in [0.15, 0.2) is 0 Å². The van der Waals surface area contributed by atoms with Gasteiger partial charge in [0.25, 0.3) is 10.1 Å². The summed E-state index contributed by atoms with van der Waals surface area (Å²) in [5, 5.41) is 8.89. The predicted molar refractivity (Wildman–Crippen MR) is 156 cm³/mol. The van der Waals surface area contributed by atoms with Crippen LogP contribution in [-0.4, -0.2) is 56.0 Å². The minimum atomic E-state index is -4.26. The molecule has 0 saturated heterocycles. The number of carboxylic acid groups (broad SMARTS) is 1. The maximum Gasteiger partial charge on any atom is 1.00 e. The van der Waals surface area contributed by atoms with E-state index in [1.54, 1.807) is 0 Å². The zero-order valence-corrected chi connectivity index (χ0v) is 32.8. The van der Waals surface area contributed by atoms with Gasteiger partial charge in [0.05, 0.1) is 16.7 Å². The second kappa shape index (κ2) is 37.9. The number of carbonyl (C=O) groups excluding carboxylic acids is 2. The number of unbranched alkanes of at least 4 members (excludes halogenated alkanes) is 18. The average molecular weight is 663 g/mol. The van der Waals surface area contributed by atoms with Crippen molar-refractivity contribution < 1.29 is 104 Å². The van der Waals surface area contributed by atoms with E-state index in [0.717, 1.165) is 39.0 Å². The molecule has 0 atom stereocenters. The Morgan fingerprint density at radius 3 is 1.19 bits per heavy atom. The van der Waals surface area contributed by atoms with Gasteiger partial charge in [0.1, 0.15) is 0 Å². The second-order valence-corrected chi connectivity index (χ2v) is 13.0. The fourth-order valence-corrected chi connectivity index (χ4v) is 4.67. The molecule has 0 rings (SSSR count). The SMILES string of the molecule is CC(=O)[O-].CCCCCCCCCCCCOC(=O)CS(=O)(=O)O.CCCCCCCCCCCCS(=O)(=O)[O-].[Na+].[Na+]. The molecule has 0 radical (unpaired) electrons. The number of ether oxygens (including phenoxy) is 1. The van der Waals surface area contributed by atoms with Crippen molar-refractivity contribution in [2.75, 3.05) is 18.1 Å². The minimum absolute atomic E-state index is 0. The van der Waals surface area contributed by atoms with E-state index in [9.17, 15) is 26.2 Å². The first-order valence-corrected chi connectivity index (χ1v) is 18.2. The van der Waals surface area contributed by atoms with Gasteiger partial charge in [0.2, 0.25) is 0 Å². The van der Waals surface area contributed by atoms with Gasteiger partial charge >= 0.3 is 65.1 Å². The van der Waals surface area contributed by atoms with Gasteiger partial charge in [-0.1, -0.05) is 129 Å². The van der Waals surface area contributed by atoms with Crippen LogP contribution in [0.25, 0.3) is 0 Å². The normalized spacial score (nSPS) is 10.6. The Morgan fingerprint density at radius 2 is 0.905 bits per heavy atom. The molecule has 0 aromatic carbocycles. The van der Waals surface area contributed by atoms with Crippen LogP contribution in [-0.2, 0) is 34.6 Å². The van der Waals surface area contributed by atoms with Crippen LogP contribution in [0.5, 0.6) is 0 Å². The van der Waals surface area contributed by atoms with E-state index in [0.29, 0.717) is 6.42 Å². The van der Waals surface area contributed by atoms with E-state index in [1.807, 2.05) is 0 Å². The Labute approximate surface area is 301 Å². The van der Waals surface area contributed by atoms with E-state index < -0.39 is 37.9 Å². The van der Waals surface area contributed by atoms with Crippen molar-refractivity contribution in [1.82, 2.24) is 0 Å². The third-order valence-corrected chi connectivity index (χ3v) is 7.20. The summed E-state index contributed by atoms with van der Waals surface area (Å²) in [5.74, 6) is -3.11. The van der Waals surface area contributed by atoms with Crippen molar-refractivity contribution in [2.24, 2.45) is 0 Å². The van der Waals surface area contributed by atoms with Crippen molar-refractivity contribution in [3.63, 3.8) is 0 Å². The fraction of sp³-hybridized carbons (Fsp3) is 0.929. The van der Waals surface area contributed by atoms with Crippen molar-refractivity contribution in [1.29, 1.82) is 0 Å². The van der Waals surface area contributed by atoms with Crippen LogP contribution in [0.1, 0.15) is 149 Å². The summed E-state index contributed by atoms with van der Waals surface area (Å²) in [6.07, 6.45) is 23.3. The fourth-order valence-electron chi connectivity index (χ4n) is 3.73. The number of esters is 1. The molecule has 0 saturated carbocycles. The van der Waals surface area contributed by atoms with Crippen LogP contribution in [0.4, 0.5) is 0 Å². The molecular formula is C28H56Na2O10S2. The second-order valence-electron chi connectivity index (χ2n) is 10.1. The number of carbonyl (C=O) groups is 2. The average Bonchev–Trinajstić information content (AvgIpc) is 2.82. The van der Waals surface area contributed by atoms with Gasteiger partial charge in [0.15, 0.2) is 5.75 Å². The van der Waals surface area contributed by atoms with Crippen LogP contribution in [0.3, 0.4) is 0 Å². The molecule has 1 N–H and O–H groups in total. The van der Waals surface area contributed by atoms with Gasteiger partial charge in [-0.2, -0.15) is 8.42 Å². The zero-order valence-electron chi connectivity index (χ0n) is 27.2. The molecule has 42 heavy (non-hydrogen) atoms. The summed E-state index contributed by atoms with van der Waals surface area (Å²) in [6, 6.07) is 0. The number of hydrogen-bond donors (Lipinski definition) is 1. The molecule has 10 nitrogen and oxygen atoms in total. The molecule has 0 aliphatic carbocycles. The quantitative estimate of drug-likeness (QED) is 0.0617. The molecule has 0 bridgehead atoms. The Bertz CT molecular complexity index is 789. The molecule has 242 valence electrons. The van der Waals surface area contributed by atoms with Gasteiger partial charge < -0.3 is 19.2 Å². The summed E-state index contributed by atoms with van der Waals surface area (Å²) >= 11 is 0. The molecule has 0 heterocycles. The number of aliphatic carboxylic acids is 1. The van der Waals surface area contributed by atoms with E-state index in [2.05, 4.69) is 13.8 Å². The molecule has 0 spiro atoms. The minimum Gasteiger partial charge on any atom is -0.748 e. The molecule has 0 unspecified atom stereocenters. The summed E-state index contributed by atoms with van der Waals surface area (Å²) in [5.41, 5.74) is 0. The van der Waals surface area contributed by atoms with E-state index in [4.69, 9.17) is 19.2 Å². The van der Waals surface area contributed by atoms with E-state index >= 15 is 0 Å². The van der Waals surface area contributed by atoms with Crippen LogP contribution >= 0.6 is 0 Å². The van der Waals surface area contributed by atoms with Crippen molar-refractivity contribution in [3.05, 3.63) is 0 Å². The summed E-state index contributed by atoms with van der Waals surface area (Å²) in [4.78, 5) is 19.8. The topological polar surface area (TPSA) is 178 Å². The molecule has 14 heteroatoms. The predicted octanol–water partition coefficient (Wildman–Crippen LogP) is -0.445. The molecule has 0 amide bonds. The molecule has 0 aliphatic heterocycles. The summed E-state index contributed by atoms with van der Waals surface area (Å²) in [7, 11) is -8.24. The molecule has 0 aliphatic rings. The van der Waals surface area contributed by atoms with Crippen molar-refractivity contribution in [3.8, 4) is 0 Å². The first kappa shape index (κ1) is 52.3. The summed E-state index contributed by atoms with van der Waals surface area (Å²) in [6.45, 7) is 5.62. The number of hydrogen-bond acceptors (Lipinski definition) is 9. The van der Waals surface area contributed by atoms with Crippen molar-refractivity contribution >= 4 is 32.2 Å². The third kappa shape index (κ3) is 63.9. The maximum atomic E-state index is 11.0. The van der Waals surface area contributed by atoms with Gasteiger partial charge in [0, 0.05) is 11.7 Å². The van der Waals surface area contributed by atoms with Crippen LogP contribution in [0, 0.1) is 0 Å².